The smallest absolute Gasteiger partial charge is 0.279 e. The van der Waals surface area contributed by atoms with Gasteiger partial charge in [0.1, 0.15) is 11.5 Å². The van der Waals surface area contributed by atoms with Gasteiger partial charge >= 0.3 is 0 Å². The van der Waals surface area contributed by atoms with Crippen molar-refractivity contribution in [3.63, 3.8) is 0 Å². The molecule has 0 saturated carbocycles. The van der Waals surface area contributed by atoms with E-state index in [0.717, 1.165) is 11.2 Å². The largest absolute Gasteiger partial charge is 0.394 e. The maximum Gasteiger partial charge on any atom is 0.279 e. The van der Waals surface area contributed by atoms with E-state index in [0.29, 0.717) is 5.69 Å². The monoisotopic (exact) mass is 441 g/mol. The van der Waals surface area contributed by atoms with Crippen LogP contribution in [0.3, 0.4) is 0 Å². The summed E-state index contributed by atoms with van der Waals surface area (Å²) in [5.74, 6) is -2.59. The molecule has 0 aliphatic carbocycles. The molecule has 0 spiro atoms. The number of carbonyl (C=O) groups is 3. The van der Waals surface area contributed by atoms with Crippen molar-refractivity contribution >= 4 is 29.1 Å². The van der Waals surface area contributed by atoms with Crippen molar-refractivity contribution in [2.24, 2.45) is 5.73 Å². The van der Waals surface area contributed by atoms with Gasteiger partial charge in [-0.2, -0.15) is 0 Å². The van der Waals surface area contributed by atoms with Crippen LogP contribution in [-0.4, -0.2) is 57.2 Å². The maximum atomic E-state index is 13.1. The first-order valence-electron chi connectivity index (χ1n) is 9.41. The Labute approximate surface area is 181 Å². The van der Waals surface area contributed by atoms with Gasteiger partial charge in [-0.05, 0) is 48.5 Å². The van der Waals surface area contributed by atoms with E-state index in [1.165, 1.54) is 48.5 Å². The van der Waals surface area contributed by atoms with Crippen molar-refractivity contribution in [2.45, 2.75) is 6.04 Å². The average molecular weight is 441 g/mol. The Balaban J connectivity index is 1.86. The fourth-order valence-electron chi connectivity index (χ4n) is 2.98. The summed E-state index contributed by atoms with van der Waals surface area (Å²) in [4.78, 5) is 44.3. The van der Waals surface area contributed by atoms with Crippen molar-refractivity contribution in [1.82, 2.24) is 9.97 Å². The number of carbonyl (C=O) groups excluding carboxylic acids is 3. The number of halogens is 1. The lowest BCUT2D eigenvalue weighted by molar-refractivity contribution is 0.0921. The summed E-state index contributed by atoms with van der Waals surface area (Å²) in [7, 11) is 0. The van der Waals surface area contributed by atoms with Gasteiger partial charge in [0, 0.05) is 16.9 Å². The van der Waals surface area contributed by atoms with E-state index in [9.17, 15) is 29.0 Å². The van der Waals surface area contributed by atoms with Gasteiger partial charge < -0.3 is 26.2 Å². The molecule has 0 saturated heterocycles. The highest BCUT2D eigenvalue weighted by Gasteiger charge is 2.30. The summed E-state index contributed by atoms with van der Waals surface area (Å²) in [6.45, 7) is -1.14. The topological polar surface area (TPSA) is 162 Å². The molecule has 10 nitrogen and oxygen atoms in total. The Bertz CT molecular complexity index is 1110. The third-order valence-corrected chi connectivity index (χ3v) is 4.60. The van der Waals surface area contributed by atoms with E-state index >= 15 is 0 Å². The number of H-pyrrole nitrogens is 1. The van der Waals surface area contributed by atoms with E-state index in [-0.39, 0.29) is 22.6 Å². The number of hydrogen-bond acceptors (Lipinski definition) is 6. The van der Waals surface area contributed by atoms with Crippen LogP contribution in [0, 0.1) is 5.82 Å². The van der Waals surface area contributed by atoms with Crippen LogP contribution in [0.4, 0.5) is 15.8 Å². The minimum Gasteiger partial charge on any atom is -0.394 e. The van der Waals surface area contributed by atoms with Crippen molar-refractivity contribution in [1.29, 1.82) is 0 Å². The number of amides is 3. The molecule has 11 heteroatoms. The number of aliphatic hydroxyl groups is 2. The van der Waals surface area contributed by atoms with Crippen LogP contribution in [0.2, 0.25) is 0 Å². The van der Waals surface area contributed by atoms with E-state index in [4.69, 9.17) is 5.73 Å². The molecular formula is C21H20FN5O5. The number of rotatable bonds is 8. The van der Waals surface area contributed by atoms with E-state index in [1.54, 1.807) is 0 Å². The summed E-state index contributed by atoms with van der Waals surface area (Å²) in [5, 5.41) is 21.9. The molecule has 0 aliphatic rings. The summed E-state index contributed by atoms with van der Waals surface area (Å²) in [6.07, 6.45) is 1.13. The first-order valence-corrected chi connectivity index (χ1v) is 9.41. The highest BCUT2D eigenvalue weighted by atomic mass is 19.1. The zero-order chi connectivity index (χ0) is 23.3. The zero-order valence-electron chi connectivity index (χ0n) is 16.7. The average Bonchev–Trinajstić information content (AvgIpc) is 3.28. The van der Waals surface area contributed by atoms with Gasteiger partial charge in [-0.15, -0.1) is 0 Å². The van der Waals surface area contributed by atoms with Gasteiger partial charge in [0.15, 0.2) is 5.69 Å². The van der Waals surface area contributed by atoms with E-state index in [2.05, 4.69) is 15.3 Å². The van der Waals surface area contributed by atoms with Crippen LogP contribution in [0.5, 0.6) is 0 Å². The van der Waals surface area contributed by atoms with Crippen LogP contribution in [0.25, 0.3) is 0 Å². The van der Waals surface area contributed by atoms with Crippen LogP contribution < -0.4 is 16.0 Å². The minimum atomic E-state index is -1.03. The van der Waals surface area contributed by atoms with Crippen LogP contribution in [0.1, 0.15) is 31.3 Å². The maximum absolute atomic E-state index is 13.1. The Hall–Kier alpha value is -4.09. The fourth-order valence-corrected chi connectivity index (χ4v) is 2.98. The molecule has 0 bridgehead atoms. The third kappa shape index (κ3) is 4.79. The molecule has 1 heterocycles. The van der Waals surface area contributed by atoms with Gasteiger partial charge in [0.25, 0.3) is 17.7 Å². The van der Waals surface area contributed by atoms with Gasteiger partial charge in [-0.25, -0.2) is 9.37 Å². The molecule has 1 aromatic heterocycles. The molecule has 6 N–H and O–H groups in total. The lowest BCUT2D eigenvalue weighted by Crippen LogP contribution is -2.45. The molecule has 0 radical (unpaired) electrons. The molecule has 3 rings (SSSR count). The predicted octanol–water partition coefficient (Wildman–Crippen LogP) is 0.900. The number of primary amides is 1. The Kier molecular flexibility index (Phi) is 6.93. The Morgan fingerprint density at radius 2 is 1.69 bits per heavy atom. The first kappa shape index (κ1) is 22.6. The van der Waals surface area contributed by atoms with Gasteiger partial charge in [-0.3, -0.25) is 19.3 Å². The fraction of sp³-hybridized carbons (Fsp3) is 0.143. The number of aromatic amines is 1. The van der Waals surface area contributed by atoms with E-state index in [1.807, 2.05) is 0 Å². The number of imidazole rings is 1. The number of nitrogens with zero attached hydrogens (tertiary/aromatic N) is 2. The highest BCUT2D eigenvalue weighted by molar-refractivity contribution is 6.11. The predicted molar refractivity (Wildman–Crippen MR) is 113 cm³/mol. The number of anilines is 2. The second kappa shape index (κ2) is 9.81. The summed E-state index contributed by atoms with van der Waals surface area (Å²) < 4.78 is 13.0. The number of nitrogens with two attached hydrogens (primary N) is 1. The van der Waals surface area contributed by atoms with Crippen LogP contribution in [-0.2, 0) is 0 Å². The SMILES string of the molecule is NC(=O)c1[nH]cnc1C(=O)N(c1ccc(NC(=O)c2ccc(F)cc2)cc1)C(CO)CO. The normalized spacial score (nSPS) is 10.8. The van der Waals surface area contributed by atoms with Gasteiger partial charge in [0.2, 0.25) is 0 Å². The molecule has 2 aromatic carbocycles. The second-order valence-electron chi connectivity index (χ2n) is 6.69. The van der Waals surface area contributed by atoms with Crippen molar-refractivity contribution < 1.29 is 29.0 Å². The molecular weight excluding hydrogens is 421 g/mol. The summed E-state index contributed by atoms with van der Waals surface area (Å²) >= 11 is 0. The quantitative estimate of drug-likeness (QED) is 0.349. The van der Waals surface area contributed by atoms with E-state index < -0.39 is 42.8 Å². The molecule has 3 amide bonds. The van der Waals surface area contributed by atoms with Crippen LogP contribution in [0.15, 0.2) is 54.9 Å². The molecule has 32 heavy (non-hydrogen) atoms. The third-order valence-electron chi connectivity index (χ3n) is 4.60. The lowest BCUT2D eigenvalue weighted by atomic mass is 10.1. The van der Waals surface area contributed by atoms with Crippen molar-refractivity contribution in [2.75, 3.05) is 23.4 Å². The number of hydrogen-bond donors (Lipinski definition) is 5. The standard InChI is InChI=1S/C21H20FN5O5/c22-13-3-1-12(2-4-13)20(31)26-14-5-7-15(8-6-14)27(16(9-28)10-29)21(32)18-17(19(23)30)24-11-25-18/h1-8,11,16,28-29H,9-10H2,(H2,23,30)(H,24,25)(H,26,31). The van der Waals surface area contributed by atoms with Crippen molar-refractivity contribution in [3.8, 4) is 0 Å². The molecule has 3 aromatic rings. The van der Waals surface area contributed by atoms with Crippen LogP contribution >= 0.6 is 0 Å². The first-order chi connectivity index (χ1) is 15.3. The molecule has 166 valence electrons. The molecule has 0 unspecified atom stereocenters. The highest BCUT2D eigenvalue weighted by Crippen LogP contribution is 2.23. The van der Waals surface area contributed by atoms with Gasteiger partial charge in [-0.1, -0.05) is 0 Å². The number of aliphatic hydroxyl groups excluding tert-OH is 2. The number of aromatic nitrogens is 2. The molecule has 0 aliphatic heterocycles. The molecule has 0 atom stereocenters. The summed E-state index contributed by atoms with van der Waals surface area (Å²) in [6, 6.07) is 9.95. The van der Waals surface area contributed by atoms with Crippen molar-refractivity contribution in [3.05, 3.63) is 77.6 Å². The minimum absolute atomic E-state index is 0.210. The Morgan fingerprint density at radius 3 is 2.25 bits per heavy atom. The number of benzene rings is 2. The molecule has 0 fully saturated rings. The number of nitrogens with one attached hydrogen (secondary N) is 2. The van der Waals surface area contributed by atoms with Gasteiger partial charge in [0.05, 0.1) is 25.6 Å². The Morgan fingerprint density at radius 1 is 1.06 bits per heavy atom. The second-order valence-corrected chi connectivity index (χ2v) is 6.69. The lowest BCUT2D eigenvalue weighted by Gasteiger charge is -2.29. The summed E-state index contributed by atoms with van der Waals surface area (Å²) in [5.41, 5.74) is 5.69. The zero-order valence-corrected chi connectivity index (χ0v) is 16.7.